The van der Waals surface area contributed by atoms with Crippen LogP contribution >= 0.6 is 11.6 Å². The Morgan fingerprint density at radius 1 is 1.04 bits per heavy atom. The van der Waals surface area contributed by atoms with Crippen molar-refractivity contribution in [1.29, 1.82) is 0 Å². The molecule has 0 aliphatic heterocycles. The van der Waals surface area contributed by atoms with Gasteiger partial charge in [0.05, 0.1) is 17.3 Å². The van der Waals surface area contributed by atoms with Crippen LogP contribution in [0.4, 0.5) is 0 Å². The molecule has 8 heteroatoms. The number of hydrogen-bond donors (Lipinski definition) is 0. The molecule has 0 aliphatic carbocycles. The molecule has 0 bridgehead atoms. The van der Waals surface area contributed by atoms with Gasteiger partial charge in [-0.3, -0.25) is 9.38 Å². The highest BCUT2D eigenvalue weighted by Crippen LogP contribution is 2.25. The number of fused-ring (bicyclic) bond motifs is 3. The van der Waals surface area contributed by atoms with Crippen molar-refractivity contribution in [1.82, 2.24) is 34.3 Å². The first-order chi connectivity index (χ1) is 12.7. The molecule has 126 valence electrons. The van der Waals surface area contributed by atoms with Crippen molar-refractivity contribution in [2.45, 2.75) is 6.92 Å². The minimum absolute atomic E-state index is 0.688. The lowest BCUT2D eigenvalue weighted by Crippen LogP contribution is -1.99. The van der Waals surface area contributed by atoms with Crippen LogP contribution < -0.4 is 0 Å². The normalized spacial score (nSPS) is 11.5. The zero-order chi connectivity index (χ0) is 17.7. The predicted molar refractivity (Wildman–Crippen MR) is 98.4 cm³/mol. The Morgan fingerprint density at radius 2 is 1.96 bits per heavy atom. The largest absolute Gasteiger partial charge is 0.264 e. The van der Waals surface area contributed by atoms with Gasteiger partial charge in [0, 0.05) is 23.0 Å². The summed E-state index contributed by atoms with van der Waals surface area (Å²) in [5, 5.41) is 14.6. The molecule has 26 heavy (non-hydrogen) atoms. The van der Waals surface area contributed by atoms with E-state index in [9.17, 15) is 0 Å². The summed E-state index contributed by atoms with van der Waals surface area (Å²) < 4.78 is 3.59. The average Bonchev–Trinajstić information content (AvgIpc) is 3.28. The summed E-state index contributed by atoms with van der Waals surface area (Å²) in [5.74, 6) is 0.689. The van der Waals surface area contributed by atoms with Crippen LogP contribution in [-0.4, -0.2) is 34.3 Å². The van der Waals surface area contributed by atoms with Gasteiger partial charge in [-0.05, 0) is 36.8 Å². The Morgan fingerprint density at radius 3 is 2.77 bits per heavy atom. The van der Waals surface area contributed by atoms with Gasteiger partial charge in [0.15, 0.2) is 17.1 Å². The zero-order valence-corrected chi connectivity index (χ0v) is 14.5. The second-order valence-corrected chi connectivity index (χ2v) is 6.34. The van der Waals surface area contributed by atoms with Crippen molar-refractivity contribution < 1.29 is 0 Å². The molecule has 1 aromatic carbocycles. The first kappa shape index (κ1) is 15.0. The van der Waals surface area contributed by atoms with E-state index >= 15 is 0 Å². The van der Waals surface area contributed by atoms with Crippen molar-refractivity contribution in [2.75, 3.05) is 0 Å². The van der Waals surface area contributed by atoms with Gasteiger partial charge in [0.2, 0.25) is 0 Å². The van der Waals surface area contributed by atoms with Gasteiger partial charge < -0.3 is 0 Å². The Hall–Kier alpha value is -3.32. The van der Waals surface area contributed by atoms with Crippen LogP contribution in [0.2, 0.25) is 5.02 Å². The molecule has 0 amide bonds. The first-order valence-corrected chi connectivity index (χ1v) is 8.34. The minimum atomic E-state index is 0.688. The topological polar surface area (TPSA) is 73.8 Å². The number of halogens is 1. The standard InChI is InChI=1S/C18H12ClN7/c1-11-4-5-13(7-15(11)19)26-17-14(9-22-26)18-24-23-16(25(18)10-21-17)12-3-2-6-20-8-12/h2-10H,1H3. The van der Waals surface area contributed by atoms with Crippen molar-refractivity contribution >= 4 is 28.3 Å². The predicted octanol–water partition coefficient (Wildman–Crippen LogP) is 3.49. The number of pyridine rings is 1. The molecule has 0 spiro atoms. The number of rotatable bonds is 2. The fraction of sp³-hybridized carbons (Fsp3) is 0.0556. The summed E-state index contributed by atoms with van der Waals surface area (Å²) in [6, 6.07) is 9.60. The second-order valence-electron chi connectivity index (χ2n) is 5.93. The maximum Gasteiger partial charge on any atom is 0.175 e. The van der Waals surface area contributed by atoms with Gasteiger partial charge in [-0.1, -0.05) is 17.7 Å². The van der Waals surface area contributed by atoms with E-state index in [0.717, 1.165) is 22.2 Å². The lowest BCUT2D eigenvalue weighted by Gasteiger charge is -2.05. The summed E-state index contributed by atoms with van der Waals surface area (Å²) in [7, 11) is 0. The summed E-state index contributed by atoms with van der Waals surface area (Å²) in [6.45, 7) is 1.96. The van der Waals surface area contributed by atoms with Crippen LogP contribution in [0.25, 0.3) is 33.8 Å². The van der Waals surface area contributed by atoms with Crippen LogP contribution in [0.3, 0.4) is 0 Å². The molecule has 0 fully saturated rings. The molecular weight excluding hydrogens is 350 g/mol. The smallest absolute Gasteiger partial charge is 0.175 e. The monoisotopic (exact) mass is 361 g/mol. The Balaban J connectivity index is 1.72. The van der Waals surface area contributed by atoms with Crippen LogP contribution in [0.1, 0.15) is 5.56 Å². The molecular formula is C18H12ClN7. The van der Waals surface area contributed by atoms with E-state index in [4.69, 9.17) is 11.6 Å². The third kappa shape index (κ3) is 2.18. The minimum Gasteiger partial charge on any atom is -0.264 e. The van der Waals surface area contributed by atoms with Gasteiger partial charge in [0.1, 0.15) is 6.33 Å². The Labute approximate surface area is 152 Å². The lowest BCUT2D eigenvalue weighted by molar-refractivity contribution is 0.893. The maximum absolute atomic E-state index is 6.25. The van der Waals surface area contributed by atoms with Gasteiger partial charge in [-0.25, -0.2) is 9.67 Å². The third-order valence-corrected chi connectivity index (χ3v) is 4.70. The summed E-state index contributed by atoms with van der Waals surface area (Å²) in [4.78, 5) is 8.71. The van der Waals surface area contributed by atoms with E-state index < -0.39 is 0 Å². The van der Waals surface area contributed by atoms with Gasteiger partial charge in [-0.2, -0.15) is 5.10 Å². The van der Waals surface area contributed by atoms with E-state index in [-0.39, 0.29) is 0 Å². The highest BCUT2D eigenvalue weighted by molar-refractivity contribution is 6.31. The number of aromatic nitrogens is 7. The number of benzene rings is 1. The summed E-state index contributed by atoms with van der Waals surface area (Å²) >= 11 is 6.25. The molecule has 0 unspecified atom stereocenters. The molecule has 0 atom stereocenters. The van der Waals surface area contributed by atoms with E-state index in [2.05, 4.69) is 25.3 Å². The van der Waals surface area contributed by atoms with Crippen LogP contribution in [0, 0.1) is 6.92 Å². The molecule has 5 aromatic rings. The molecule has 0 radical (unpaired) electrons. The van der Waals surface area contributed by atoms with Crippen LogP contribution in [0.15, 0.2) is 55.2 Å². The number of aryl methyl sites for hydroxylation is 1. The van der Waals surface area contributed by atoms with Crippen LogP contribution in [0.5, 0.6) is 0 Å². The number of nitrogens with zero attached hydrogens (tertiary/aromatic N) is 7. The highest BCUT2D eigenvalue weighted by Gasteiger charge is 2.15. The van der Waals surface area contributed by atoms with Gasteiger partial charge in [-0.15, -0.1) is 10.2 Å². The second kappa shape index (κ2) is 5.60. The first-order valence-electron chi connectivity index (χ1n) is 7.97. The Kier molecular flexibility index (Phi) is 3.23. The van der Waals surface area contributed by atoms with Crippen molar-refractivity contribution in [3.8, 4) is 17.1 Å². The molecule has 0 N–H and O–H groups in total. The molecule has 0 aliphatic rings. The molecule has 5 rings (SSSR count). The van der Waals surface area contributed by atoms with Crippen molar-refractivity contribution in [3.63, 3.8) is 0 Å². The van der Waals surface area contributed by atoms with E-state index in [1.807, 2.05) is 41.7 Å². The lowest BCUT2D eigenvalue weighted by atomic mass is 10.2. The third-order valence-electron chi connectivity index (χ3n) is 4.30. The van der Waals surface area contributed by atoms with Crippen LogP contribution in [-0.2, 0) is 0 Å². The van der Waals surface area contributed by atoms with E-state index in [1.165, 1.54) is 0 Å². The Bertz CT molecular complexity index is 1260. The molecule has 4 heterocycles. The SMILES string of the molecule is Cc1ccc(-n2ncc3c2ncn2c(-c4cccnc4)nnc32)cc1Cl. The molecule has 4 aromatic heterocycles. The zero-order valence-electron chi connectivity index (χ0n) is 13.7. The van der Waals surface area contributed by atoms with Gasteiger partial charge >= 0.3 is 0 Å². The van der Waals surface area contributed by atoms with Gasteiger partial charge in [0.25, 0.3) is 0 Å². The summed E-state index contributed by atoms with van der Waals surface area (Å²) in [6.07, 6.45) is 6.92. The quantitative estimate of drug-likeness (QED) is 0.481. The fourth-order valence-electron chi connectivity index (χ4n) is 2.92. The van der Waals surface area contributed by atoms with E-state index in [0.29, 0.717) is 22.1 Å². The van der Waals surface area contributed by atoms with E-state index in [1.54, 1.807) is 29.6 Å². The van der Waals surface area contributed by atoms with Crippen molar-refractivity contribution in [3.05, 3.63) is 65.8 Å². The number of hydrogen-bond acceptors (Lipinski definition) is 5. The summed E-state index contributed by atoms with van der Waals surface area (Å²) in [5.41, 5.74) is 4.12. The maximum atomic E-state index is 6.25. The average molecular weight is 362 g/mol. The molecule has 0 saturated heterocycles. The highest BCUT2D eigenvalue weighted by atomic mass is 35.5. The molecule has 7 nitrogen and oxygen atoms in total. The van der Waals surface area contributed by atoms with Crippen molar-refractivity contribution in [2.24, 2.45) is 0 Å². The fourth-order valence-corrected chi connectivity index (χ4v) is 3.09. The molecule has 0 saturated carbocycles.